The van der Waals surface area contributed by atoms with Crippen molar-refractivity contribution in [1.29, 1.82) is 0 Å². The van der Waals surface area contributed by atoms with Crippen molar-refractivity contribution in [2.45, 2.75) is 18.4 Å². The molecule has 6 nitrogen and oxygen atoms in total. The third kappa shape index (κ3) is 5.38. The van der Waals surface area contributed by atoms with Crippen molar-refractivity contribution in [2.24, 2.45) is 5.73 Å². The number of rotatable bonds is 9. The molecule has 1 aromatic heterocycles. The minimum absolute atomic E-state index is 0.0650. The molecule has 2 unspecified atom stereocenters. The van der Waals surface area contributed by atoms with Crippen LogP contribution in [0.5, 0.6) is 17.2 Å². The van der Waals surface area contributed by atoms with Crippen molar-refractivity contribution >= 4 is 28.4 Å². The molecule has 0 aliphatic heterocycles. The number of pyridine rings is 1. The number of phenols is 1. The van der Waals surface area contributed by atoms with E-state index in [0.717, 1.165) is 5.56 Å². The SMILES string of the molecule is COc1ccc(C(c2cc(Cl)c3cccnc3c2O)C(C(N)=O)c2ccccc2)cc1OCc1ccccc1. The number of hydrogen-bond acceptors (Lipinski definition) is 5. The number of phenolic OH excluding ortho intramolecular Hbond substituents is 1. The number of nitrogens with two attached hydrogens (primary N) is 1. The second-order valence-corrected chi connectivity index (χ2v) is 9.56. The Bertz CT molecular complexity index is 1610. The fourth-order valence-corrected chi connectivity index (χ4v) is 5.18. The molecule has 0 spiro atoms. The summed E-state index contributed by atoms with van der Waals surface area (Å²) in [5.41, 5.74) is 9.20. The number of primary amides is 1. The molecule has 196 valence electrons. The van der Waals surface area contributed by atoms with Gasteiger partial charge in [0.05, 0.1) is 18.1 Å². The minimum atomic E-state index is -0.829. The third-order valence-electron chi connectivity index (χ3n) is 6.76. The smallest absolute Gasteiger partial charge is 0.225 e. The Morgan fingerprint density at radius 2 is 1.64 bits per heavy atom. The zero-order valence-corrected chi connectivity index (χ0v) is 22.0. The predicted octanol–water partition coefficient (Wildman–Crippen LogP) is 6.58. The van der Waals surface area contributed by atoms with Crippen molar-refractivity contribution in [2.75, 3.05) is 7.11 Å². The highest BCUT2D eigenvalue weighted by Crippen LogP contribution is 2.47. The quantitative estimate of drug-likeness (QED) is 0.221. The predicted molar refractivity (Wildman–Crippen MR) is 152 cm³/mol. The number of carbonyl (C=O) groups is 1. The van der Waals surface area contributed by atoms with Gasteiger partial charge in [-0.2, -0.15) is 0 Å². The molecule has 3 N–H and O–H groups in total. The number of aromatic hydroxyl groups is 1. The number of fused-ring (bicyclic) bond motifs is 1. The number of methoxy groups -OCH3 is 1. The van der Waals surface area contributed by atoms with Gasteiger partial charge in [-0.3, -0.25) is 9.78 Å². The topological polar surface area (TPSA) is 94.7 Å². The van der Waals surface area contributed by atoms with Gasteiger partial charge in [-0.1, -0.05) is 78.3 Å². The van der Waals surface area contributed by atoms with E-state index >= 15 is 0 Å². The third-order valence-corrected chi connectivity index (χ3v) is 7.08. The monoisotopic (exact) mass is 538 g/mol. The maximum atomic E-state index is 13.1. The van der Waals surface area contributed by atoms with E-state index < -0.39 is 17.7 Å². The maximum Gasteiger partial charge on any atom is 0.225 e. The number of nitrogens with zero attached hydrogens (tertiary/aromatic N) is 1. The zero-order valence-electron chi connectivity index (χ0n) is 21.3. The summed E-state index contributed by atoms with van der Waals surface area (Å²) in [7, 11) is 1.57. The van der Waals surface area contributed by atoms with Crippen molar-refractivity contribution < 1.29 is 19.4 Å². The molecule has 0 aliphatic rings. The molecule has 1 amide bonds. The summed E-state index contributed by atoms with van der Waals surface area (Å²) < 4.78 is 11.7. The summed E-state index contributed by atoms with van der Waals surface area (Å²) in [5.74, 6) is -1.13. The second-order valence-electron chi connectivity index (χ2n) is 9.15. The van der Waals surface area contributed by atoms with E-state index in [4.69, 9.17) is 26.8 Å². The largest absolute Gasteiger partial charge is 0.505 e. The molecule has 0 bridgehead atoms. The average Bonchev–Trinajstić information content (AvgIpc) is 2.97. The molecule has 0 radical (unpaired) electrons. The van der Waals surface area contributed by atoms with Crippen LogP contribution in [0.1, 0.15) is 34.1 Å². The normalized spacial score (nSPS) is 12.6. The van der Waals surface area contributed by atoms with Crippen LogP contribution in [-0.2, 0) is 11.4 Å². The highest BCUT2D eigenvalue weighted by molar-refractivity contribution is 6.35. The fourth-order valence-electron chi connectivity index (χ4n) is 4.91. The van der Waals surface area contributed by atoms with Gasteiger partial charge in [0.2, 0.25) is 5.91 Å². The van der Waals surface area contributed by atoms with Gasteiger partial charge in [-0.15, -0.1) is 0 Å². The number of halogens is 1. The van der Waals surface area contributed by atoms with Gasteiger partial charge in [-0.25, -0.2) is 0 Å². The van der Waals surface area contributed by atoms with Crippen LogP contribution in [0.4, 0.5) is 0 Å². The first-order valence-corrected chi connectivity index (χ1v) is 12.8. The summed E-state index contributed by atoms with van der Waals surface area (Å²) in [6, 6.07) is 29.7. The molecule has 0 saturated carbocycles. The van der Waals surface area contributed by atoms with Gasteiger partial charge in [0.25, 0.3) is 0 Å². The molecule has 1 heterocycles. The molecule has 0 saturated heterocycles. The fraction of sp³-hybridized carbons (Fsp3) is 0.125. The first-order chi connectivity index (χ1) is 19.0. The summed E-state index contributed by atoms with van der Waals surface area (Å²) in [4.78, 5) is 17.5. The van der Waals surface area contributed by atoms with E-state index in [1.54, 1.807) is 37.6 Å². The Morgan fingerprint density at radius 1 is 0.923 bits per heavy atom. The van der Waals surface area contributed by atoms with Crippen LogP contribution in [0.25, 0.3) is 10.9 Å². The van der Waals surface area contributed by atoms with Crippen molar-refractivity contribution in [3.63, 3.8) is 0 Å². The van der Waals surface area contributed by atoms with E-state index in [1.807, 2.05) is 72.8 Å². The van der Waals surface area contributed by atoms with Crippen LogP contribution in [0.2, 0.25) is 5.02 Å². The van der Waals surface area contributed by atoms with Gasteiger partial charge < -0.3 is 20.3 Å². The summed E-state index contributed by atoms with van der Waals surface area (Å²) in [6.07, 6.45) is 1.59. The molecule has 0 fully saturated rings. The van der Waals surface area contributed by atoms with Gasteiger partial charge >= 0.3 is 0 Å². The molecule has 39 heavy (non-hydrogen) atoms. The molecule has 2 atom stereocenters. The molecular formula is C32H27ClN2O4. The van der Waals surface area contributed by atoms with Gasteiger partial charge in [0.15, 0.2) is 11.5 Å². The lowest BCUT2D eigenvalue weighted by atomic mass is 9.76. The minimum Gasteiger partial charge on any atom is -0.505 e. The average molecular weight is 539 g/mol. The lowest BCUT2D eigenvalue weighted by Crippen LogP contribution is -2.28. The first kappa shape index (κ1) is 26.1. The maximum absolute atomic E-state index is 13.1. The van der Waals surface area contributed by atoms with Gasteiger partial charge in [-0.05, 0) is 47.0 Å². The Morgan fingerprint density at radius 3 is 2.33 bits per heavy atom. The second kappa shape index (κ2) is 11.5. The highest BCUT2D eigenvalue weighted by atomic mass is 35.5. The van der Waals surface area contributed by atoms with Crippen molar-refractivity contribution in [1.82, 2.24) is 4.98 Å². The summed E-state index contributed by atoms with van der Waals surface area (Å²) in [6.45, 7) is 0.320. The molecular weight excluding hydrogens is 512 g/mol. The summed E-state index contributed by atoms with van der Waals surface area (Å²) >= 11 is 6.68. The van der Waals surface area contributed by atoms with Crippen molar-refractivity contribution in [3.05, 3.63) is 131 Å². The number of aromatic nitrogens is 1. The Kier molecular flexibility index (Phi) is 7.66. The lowest BCUT2D eigenvalue weighted by molar-refractivity contribution is -0.119. The van der Waals surface area contributed by atoms with Gasteiger partial charge in [0.1, 0.15) is 17.9 Å². The van der Waals surface area contributed by atoms with Crippen LogP contribution in [0, 0.1) is 0 Å². The number of amides is 1. The highest BCUT2D eigenvalue weighted by Gasteiger charge is 2.34. The van der Waals surface area contributed by atoms with E-state index in [2.05, 4.69) is 4.98 Å². The number of ether oxygens (including phenoxy) is 2. The summed E-state index contributed by atoms with van der Waals surface area (Å²) in [5, 5.41) is 12.5. The van der Waals surface area contributed by atoms with Crippen LogP contribution in [0.15, 0.2) is 103 Å². The van der Waals surface area contributed by atoms with E-state index in [1.165, 1.54) is 0 Å². The van der Waals surface area contributed by atoms with Crippen LogP contribution >= 0.6 is 11.6 Å². The van der Waals surface area contributed by atoms with Gasteiger partial charge in [0, 0.05) is 23.1 Å². The van der Waals surface area contributed by atoms with E-state index in [0.29, 0.717) is 50.7 Å². The Hall–Kier alpha value is -4.55. The van der Waals surface area contributed by atoms with Crippen LogP contribution < -0.4 is 15.2 Å². The Labute approximate surface area is 231 Å². The van der Waals surface area contributed by atoms with E-state index in [-0.39, 0.29) is 5.75 Å². The molecule has 7 heteroatoms. The molecule has 4 aromatic carbocycles. The zero-order chi connectivity index (χ0) is 27.4. The van der Waals surface area contributed by atoms with Crippen molar-refractivity contribution in [3.8, 4) is 17.2 Å². The van der Waals surface area contributed by atoms with Crippen LogP contribution in [-0.4, -0.2) is 23.1 Å². The number of hydrogen-bond donors (Lipinski definition) is 2. The Balaban J connectivity index is 1.70. The number of carbonyl (C=O) groups excluding carboxylic acids is 1. The molecule has 5 aromatic rings. The first-order valence-electron chi connectivity index (χ1n) is 12.4. The molecule has 5 rings (SSSR count). The van der Waals surface area contributed by atoms with E-state index in [9.17, 15) is 9.90 Å². The van der Waals surface area contributed by atoms with Crippen LogP contribution in [0.3, 0.4) is 0 Å². The standard InChI is InChI=1S/C32H27ClN2O4/c1-38-26-15-14-22(17-27(26)39-19-20-9-4-2-5-10-20)28(29(32(34)37)21-11-6-3-7-12-21)24-18-25(33)23-13-8-16-35-30(23)31(24)36/h2-18,28-29,36H,19H2,1H3,(H2,34,37). The molecule has 0 aliphatic carbocycles. The number of benzene rings is 4. The lowest BCUT2D eigenvalue weighted by Gasteiger charge is -2.28.